The van der Waals surface area contributed by atoms with Gasteiger partial charge >= 0.3 is 11.9 Å². The van der Waals surface area contributed by atoms with Crippen molar-refractivity contribution >= 4 is 24.3 Å². The molecule has 78 valence electrons. The van der Waals surface area contributed by atoms with Crippen molar-refractivity contribution in [2.75, 3.05) is 14.2 Å². The number of carbonyl (C=O) groups is 2. The first-order chi connectivity index (χ1) is 6.61. The number of esters is 2. The number of carbonyl (C=O) groups excluding carboxylic acids is 2. The number of hydrogen-bond acceptors (Lipinski definition) is 5. The number of hydrogen-bond donors (Lipinski definition) is 1. The summed E-state index contributed by atoms with van der Waals surface area (Å²) in [5, 5.41) is 0. The number of rotatable bonds is 4. The first kappa shape index (κ1) is 10.3. The van der Waals surface area contributed by atoms with E-state index >= 15 is 0 Å². The Morgan fingerprint density at radius 2 is 2.08 bits per heavy atom. The maximum absolute atomic E-state index is 10.9. The van der Waals surface area contributed by atoms with Gasteiger partial charge < -0.3 is 15.2 Å². The van der Waals surface area contributed by atoms with Crippen LogP contribution in [0.2, 0.25) is 0 Å². The number of halogens is 1. The van der Waals surface area contributed by atoms with Gasteiger partial charge in [0.1, 0.15) is 6.04 Å². The third-order valence-electron chi connectivity index (χ3n) is 1.27. The molecule has 1 atom stereocenters. The van der Waals surface area contributed by atoms with Crippen molar-refractivity contribution in [1.29, 1.82) is 0 Å². The van der Waals surface area contributed by atoms with Gasteiger partial charge in [0, 0.05) is 6.42 Å². The lowest BCUT2D eigenvalue weighted by Crippen LogP contribution is -2.32. The molecule has 0 radical (unpaired) electrons. The molecule has 13 heavy (non-hydrogen) atoms. The minimum Gasteiger partial charge on any atom is -0.469 e. The molecule has 0 aliphatic carbocycles. The average molecular weight is 214 g/mol. The summed E-state index contributed by atoms with van der Waals surface area (Å²) in [6.07, 6.45) is 0.0603. The highest BCUT2D eigenvalue weighted by atomic mass is 35.5. The van der Waals surface area contributed by atoms with Crippen molar-refractivity contribution < 1.29 is 21.8 Å². The zero-order valence-electron chi connectivity index (χ0n) is 9.02. The molecule has 0 heterocycles. The molecule has 0 spiro atoms. The molecule has 0 aromatic heterocycles. The van der Waals surface area contributed by atoms with Crippen molar-refractivity contribution in [3.8, 4) is 0 Å². The topological polar surface area (TPSA) is 78.6 Å². The Morgan fingerprint density at radius 1 is 1.46 bits per heavy atom. The molecule has 0 aliphatic rings. The predicted molar refractivity (Wildman–Crippen MR) is 48.5 cm³/mol. The molecule has 5 nitrogen and oxygen atoms in total. The lowest BCUT2D eigenvalue weighted by atomic mass is 10.2. The van der Waals surface area contributed by atoms with Crippen LogP contribution in [0.25, 0.3) is 0 Å². The number of nitrogens with two attached hydrogens (primary N) is 1. The fraction of sp³-hybridized carbons (Fsp3) is 0.714. The van der Waals surface area contributed by atoms with Gasteiger partial charge in [-0.3, -0.25) is 9.59 Å². The Kier molecular flexibility index (Phi) is 6.18. The summed E-state index contributed by atoms with van der Waals surface area (Å²) >= 11 is 0. The Hall–Kier alpha value is -0.810. The molecule has 0 aromatic rings. The molecule has 0 amide bonds. The Labute approximate surface area is 85.8 Å². The Morgan fingerprint density at radius 3 is 2.62 bits per heavy atom. The minimum atomic E-state index is -0.918. The molecule has 0 aromatic carbocycles. The van der Waals surface area contributed by atoms with Crippen LogP contribution >= 0.6 is 12.4 Å². The van der Waals surface area contributed by atoms with Crippen LogP contribution in [0.5, 0.6) is 0 Å². The summed E-state index contributed by atoms with van der Waals surface area (Å²) < 4.78 is 21.8. The second kappa shape index (κ2) is 7.82. The zero-order valence-corrected chi connectivity index (χ0v) is 7.84. The zero-order chi connectivity index (χ0) is 11.0. The van der Waals surface area contributed by atoms with Gasteiger partial charge in [0.05, 0.1) is 16.9 Å². The summed E-state index contributed by atoms with van der Waals surface area (Å²) in [5.74, 6) is -1.28. The lowest BCUT2D eigenvalue weighted by Gasteiger charge is -2.07. The summed E-state index contributed by atoms with van der Waals surface area (Å²) in [6.45, 7) is 0. The molecule has 2 N–H and O–H groups in total. The fourth-order valence-corrected chi connectivity index (χ4v) is 0.570. The third-order valence-corrected chi connectivity index (χ3v) is 1.27. The highest BCUT2D eigenvalue weighted by Crippen LogP contribution is 1.97. The van der Waals surface area contributed by atoms with Crippen LogP contribution < -0.4 is 5.73 Å². The van der Waals surface area contributed by atoms with E-state index in [0.717, 1.165) is 0 Å². The quantitative estimate of drug-likeness (QED) is 0.658. The smallest absolute Gasteiger partial charge is 0.322 e. The highest BCUT2D eigenvalue weighted by Gasteiger charge is 2.14. The minimum absolute atomic E-state index is 0. The summed E-state index contributed by atoms with van der Waals surface area (Å²) in [5.41, 5.74) is 5.34. The van der Waals surface area contributed by atoms with Crippen LogP contribution in [0.4, 0.5) is 0 Å². The van der Waals surface area contributed by atoms with Crippen LogP contribution in [0, 0.1) is 0 Å². The van der Waals surface area contributed by atoms with E-state index in [1.165, 1.54) is 0 Å². The maximum atomic E-state index is 10.9. The van der Waals surface area contributed by atoms with Crippen LogP contribution in [0.3, 0.4) is 0 Å². The lowest BCUT2D eigenvalue weighted by molar-refractivity contribution is -0.143. The van der Waals surface area contributed by atoms with Gasteiger partial charge in [0.25, 0.3) is 0 Å². The van der Waals surface area contributed by atoms with E-state index in [9.17, 15) is 9.59 Å². The van der Waals surface area contributed by atoms with Gasteiger partial charge in [-0.1, -0.05) is 0 Å². The van der Waals surface area contributed by atoms with Crippen LogP contribution in [-0.4, -0.2) is 32.2 Å². The summed E-state index contributed by atoms with van der Waals surface area (Å²) in [4.78, 5) is 21.6. The van der Waals surface area contributed by atoms with E-state index in [-0.39, 0.29) is 25.2 Å². The van der Waals surface area contributed by atoms with Gasteiger partial charge in [-0.15, -0.1) is 12.4 Å². The first-order valence-electron chi connectivity index (χ1n) is 4.69. The van der Waals surface area contributed by atoms with Crippen molar-refractivity contribution in [2.24, 2.45) is 5.73 Å². The molecular weight excluding hydrogens is 198 g/mol. The molecule has 6 heteroatoms. The summed E-state index contributed by atoms with van der Waals surface area (Å²) in [7, 11) is -0.922. The molecule has 0 rings (SSSR count). The van der Waals surface area contributed by atoms with E-state index in [1.54, 1.807) is 0 Å². The SMILES string of the molecule is Cl.[2H]COC(=O)CC[C@H](N)C(=O)OC[2H]. The second-order valence-electron chi connectivity index (χ2n) is 2.12. The average Bonchev–Trinajstić information content (AvgIpc) is 2.15. The molecule has 0 unspecified atom stereocenters. The summed E-state index contributed by atoms with van der Waals surface area (Å²) in [6, 6.07) is -0.918. The Balaban J connectivity index is 0. The van der Waals surface area contributed by atoms with E-state index in [0.29, 0.717) is 0 Å². The molecule has 0 aliphatic heterocycles. The van der Waals surface area contributed by atoms with Gasteiger partial charge in [0.2, 0.25) is 0 Å². The van der Waals surface area contributed by atoms with Crippen molar-refractivity contribution in [1.82, 2.24) is 0 Å². The van der Waals surface area contributed by atoms with Gasteiger partial charge in [-0.05, 0) is 6.42 Å². The standard InChI is InChI=1S/C7H13NO4.ClH/c1-11-6(9)4-3-5(8)7(10)12-2;/h5H,3-4,8H2,1-2H3;1H/t5-;/m0./s1/i1D,2D;. The molecule has 0 fully saturated rings. The van der Waals surface area contributed by atoms with Gasteiger partial charge in [0.15, 0.2) is 0 Å². The highest BCUT2D eigenvalue weighted by molar-refractivity contribution is 5.85. The van der Waals surface area contributed by atoms with Crippen molar-refractivity contribution in [3.63, 3.8) is 0 Å². The molecular formula is C7H14ClNO4. The third kappa shape index (κ3) is 6.36. The maximum Gasteiger partial charge on any atom is 0.322 e. The van der Waals surface area contributed by atoms with E-state index in [2.05, 4.69) is 9.47 Å². The number of methoxy groups -OCH3 is 2. The second-order valence-corrected chi connectivity index (χ2v) is 2.12. The van der Waals surface area contributed by atoms with E-state index < -0.39 is 32.2 Å². The van der Waals surface area contributed by atoms with E-state index in [1.807, 2.05) is 0 Å². The first-order valence-corrected chi connectivity index (χ1v) is 3.28. The Bertz CT molecular complexity index is 205. The van der Waals surface area contributed by atoms with Crippen molar-refractivity contribution in [3.05, 3.63) is 0 Å². The molecule has 0 saturated heterocycles. The van der Waals surface area contributed by atoms with Crippen molar-refractivity contribution in [2.45, 2.75) is 18.9 Å². The van der Waals surface area contributed by atoms with Gasteiger partial charge in [-0.2, -0.15) is 0 Å². The molecule has 0 saturated carbocycles. The van der Waals surface area contributed by atoms with E-state index in [4.69, 9.17) is 8.48 Å². The van der Waals surface area contributed by atoms with Gasteiger partial charge in [-0.25, -0.2) is 0 Å². The number of ether oxygens (including phenoxy) is 2. The predicted octanol–water partition coefficient (Wildman–Crippen LogP) is -0.138. The normalized spacial score (nSPS) is 13.0. The van der Waals surface area contributed by atoms with Crippen LogP contribution in [0.15, 0.2) is 0 Å². The van der Waals surface area contributed by atoms with Crippen LogP contribution in [-0.2, 0) is 19.1 Å². The largest absolute Gasteiger partial charge is 0.469 e. The molecule has 0 bridgehead atoms. The fourth-order valence-electron chi connectivity index (χ4n) is 0.570. The monoisotopic (exact) mass is 213 g/mol. The van der Waals surface area contributed by atoms with Crippen LogP contribution in [0.1, 0.15) is 15.6 Å².